The van der Waals surface area contributed by atoms with Crippen LogP contribution in [0, 0.1) is 0 Å². The molecule has 1 N–H and O–H groups in total. The standard InChI is InChI=1S/C12H22N2O4/c1-9-7-14(5-4-6-18-9)8-11(12(16)17-3)13-10(2)15/h9,11H,4-8H2,1-3H3,(H,13,15). The van der Waals surface area contributed by atoms with Crippen LogP contribution in [-0.2, 0) is 19.1 Å². The highest BCUT2D eigenvalue weighted by molar-refractivity contribution is 5.83. The van der Waals surface area contributed by atoms with Gasteiger partial charge in [0.25, 0.3) is 0 Å². The van der Waals surface area contributed by atoms with Crippen LogP contribution in [0.25, 0.3) is 0 Å². The van der Waals surface area contributed by atoms with Crippen LogP contribution in [-0.4, -0.2) is 62.3 Å². The Morgan fingerprint density at radius 1 is 1.56 bits per heavy atom. The molecule has 2 unspecified atom stereocenters. The van der Waals surface area contributed by atoms with Crippen molar-refractivity contribution in [3.63, 3.8) is 0 Å². The van der Waals surface area contributed by atoms with E-state index >= 15 is 0 Å². The summed E-state index contributed by atoms with van der Waals surface area (Å²) in [4.78, 5) is 24.8. The second-order valence-electron chi connectivity index (χ2n) is 4.57. The second-order valence-corrected chi connectivity index (χ2v) is 4.57. The van der Waals surface area contributed by atoms with E-state index in [4.69, 9.17) is 9.47 Å². The first-order valence-electron chi connectivity index (χ1n) is 6.21. The van der Waals surface area contributed by atoms with Gasteiger partial charge < -0.3 is 14.8 Å². The second kappa shape index (κ2) is 7.33. The fourth-order valence-corrected chi connectivity index (χ4v) is 2.07. The number of rotatable bonds is 4. The molecule has 0 aromatic rings. The first-order valence-corrected chi connectivity index (χ1v) is 6.21. The van der Waals surface area contributed by atoms with Crippen LogP contribution in [0.1, 0.15) is 20.3 Å². The van der Waals surface area contributed by atoms with Crippen LogP contribution >= 0.6 is 0 Å². The normalized spacial score (nSPS) is 22.9. The van der Waals surface area contributed by atoms with E-state index in [0.717, 1.165) is 26.1 Å². The van der Waals surface area contributed by atoms with Gasteiger partial charge in [0.05, 0.1) is 13.2 Å². The number of nitrogens with one attached hydrogen (secondary N) is 1. The van der Waals surface area contributed by atoms with Gasteiger partial charge in [-0.3, -0.25) is 9.69 Å². The first-order chi connectivity index (χ1) is 8.52. The number of esters is 1. The Morgan fingerprint density at radius 3 is 2.89 bits per heavy atom. The average molecular weight is 258 g/mol. The number of nitrogens with zero attached hydrogens (tertiary/aromatic N) is 1. The summed E-state index contributed by atoms with van der Waals surface area (Å²) >= 11 is 0. The maximum absolute atomic E-state index is 11.6. The van der Waals surface area contributed by atoms with E-state index < -0.39 is 12.0 Å². The van der Waals surface area contributed by atoms with Gasteiger partial charge >= 0.3 is 5.97 Å². The highest BCUT2D eigenvalue weighted by atomic mass is 16.5. The monoisotopic (exact) mass is 258 g/mol. The maximum atomic E-state index is 11.6. The summed E-state index contributed by atoms with van der Waals surface area (Å²) in [5, 5.41) is 2.62. The Bertz CT molecular complexity index is 296. The third-order valence-electron chi connectivity index (χ3n) is 2.84. The van der Waals surface area contributed by atoms with E-state index in [2.05, 4.69) is 10.2 Å². The topological polar surface area (TPSA) is 67.9 Å². The summed E-state index contributed by atoms with van der Waals surface area (Å²) in [7, 11) is 1.32. The van der Waals surface area contributed by atoms with E-state index in [0.29, 0.717) is 6.54 Å². The minimum absolute atomic E-state index is 0.142. The number of methoxy groups -OCH3 is 1. The van der Waals surface area contributed by atoms with Crippen molar-refractivity contribution in [2.75, 3.05) is 33.4 Å². The Kier molecular flexibility index (Phi) is 6.07. The van der Waals surface area contributed by atoms with Gasteiger partial charge in [0, 0.05) is 33.2 Å². The zero-order chi connectivity index (χ0) is 13.5. The molecule has 0 spiro atoms. The summed E-state index contributed by atoms with van der Waals surface area (Å²) in [6, 6.07) is -0.613. The number of hydrogen-bond acceptors (Lipinski definition) is 5. The summed E-state index contributed by atoms with van der Waals surface area (Å²) in [5.41, 5.74) is 0. The fraction of sp³-hybridized carbons (Fsp3) is 0.833. The predicted molar refractivity (Wildman–Crippen MR) is 66.1 cm³/mol. The summed E-state index contributed by atoms with van der Waals surface area (Å²) in [5.74, 6) is -0.646. The number of ether oxygens (including phenoxy) is 2. The van der Waals surface area contributed by atoms with Gasteiger partial charge in [-0.15, -0.1) is 0 Å². The molecule has 1 aliphatic heterocycles. The van der Waals surface area contributed by atoms with Gasteiger partial charge in [0.2, 0.25) is 5.91 Å². The van der Waals surface area contributed by atoms with E-state index in [1.54, 1.807) is 0 Å². The molecule has 1 saturated heterocycles. The Balaban J connectivity index is 2.57. The van der Waals surface area contributed by atoms with E-state index in [9.17, 15) is 9.59 Å². The van der Waals surface area contributed by atoms with Gasteiger partial charge in [-0.25, -0.2) is 4.79 Å². The van der Waals surface area contributed by atoms with Crippen LogP contribution in [0.15, 0.2) is 0 Å². The van der Waals surface area contributed by atoms with Crippen molar-refractivity contribution in [1.29, 1.82) is 0 Å². The zero-order valence-electron chi connectivity index (χ0n) is 11.3. The number of amides is 1. The van der Waals surface area contributed by atoms with E-state index in [-0.39, 0.29) is 12.0 Å². The summed E-state index contributed by atoms with van der Waals surface area (Å²) < 4.78 is 10.2. The molecule has 1 heterocycles. The van der Waals surface area contributed by atoms with Crippen molar-refractivity contribution in [1.82, 2.24) is 10.2 Å². The number of hydrogen-bond donors (Lipinski definition) is 1. The van der Waals surface area contributed by atoms with Gasteiger partial charge in [0.15, 0.2) is 0 Å². The highest BCUT2D eigenvalue weighted by Crippen LogP contribution is 2.06. The van der Waals surface area contributed by atoms with Crippen LogP contribution in [0.5, 0.6) is 0 Å². The third kappa shape index (κ3) is 5.01. The van der Waals surface area contributed by atoms with E-state index in [1.807, 2.05) is 6.92 Å². The number of carbonyl (C=O) groups is 2. The van der Waals surface area contributed by atoms with Gasteiger partial charge in [0.1, 0.15) is 6.04 Å². The molecule has 0 aliphatic carbocycles. The molecule has 18 heavy (non-hydrogen) atoms. The maximum Gasteiger partial charge on any atom is 0.329 e. The molecule has 6 heteroatoms. The third-order valence-corrected chi connectivity index (χ3v) is 2.84. The molecule has 2 atom stereocenters. The van der Waals surface area contributed by atoms with Crippen molar-refractivity contribution in [3.8, 4) is 0 Å². The van der Waals surface area contributed by atoms with Crippen LogP contribution < -0.4 is 5.32 Å². The fourth-order valence-electron chi connectivity index (χ4n) is 2.07. The largest absolute Gasteiger partial charge is 0.467 e. The van der Waals surface area contributed by atoms with Gasteiger partial charge in [-0.2, -0.15) is 0 Å². The molecular weight excluding hydrogens is 236 g/mol. The predicted octanol–water partition coefficient (Wildman–Crippen LogP) is -0.225. The smallest absolute Gasteiger partial charge is 0.329 e. The van der Waals surface area contributed by atoms with Crippen LogP contribution in [0.3, 0.4) is 0 Å². The molecule has 1 amide bonds. The Morgan fingerprint density at radius 2 is 2.28 bits per heavy atom. The quantitative estimate of drug-likeness (QED) is 0.706. The zero-order valence-corrected chi connectivity index (χ0v) is 11.3. The molecule has 0 aromatic carbocycles. The molecule has 0 bridgehead atoms. The van der Waals surface area contributed by atoms with Crippen molar-refractivity contribution >= 4 is 11.9 Å². The Hall–Kier alpha value is -1.14. The molecule has 1 rings (SSSR count). The van der Waals surface area contributed by atoms with Crippen molar-refractivity contribution in [2.45, 2.75) is 32.4 Å². The molecule has 0 saturated carbocycles. The SMILES string of the molecule is COC(=O)C(CN1CCCOC(C)C1)NC(C)=O. The lowest BCUT2D eigenvalue weighted by molar-refractivity contribution is -0.145. The Labute approximate surface area is 108 Å². The highest BCUT2D eigenvalue weighted by Gasteiger charge is 2.25. The molecule has 0 radical (unpaired) electrons. The van der Waals surface area contributed by atoms with Gasteiger partial charge in [-0.05, 0) is 13.3 Å². The van der Waals surface area contributed by atoms with Gasteiger partial charge in [-0.1, -0.05) is 0 Å². The molecule has 1 aliphatic rings. The first kappa shape index (κ1) is 14.9. The molecule has 104 valence electrons. The minimum Gasteiger partial charge on any atom is -0.467 e. The minimum atomic E-state index is -0.613. The van der Waals surface area contributed by atoms with Crippen molar-refractivity contribution < 1.29 is 19.1 Å². The van der Waals surface area contributed by atoms with Crippen molar-refractivity contribution in [3.05, 3.63) is 0 Å². The summed E-state index contributed by atoms with van der Waals surface area (Å²) in [6.45, 7) is 6.21. The van der Waals surface area contributed by atoms with Crippen LogP contribution in [0.4, 0.5) is 0 Å². The lowest BCUT2D eigenvalue weighted by atomic mass is 10.2. The van der Waals surface area contributed by atoms with E-state index in [1.165, 1.54) is 14.0 Å². The average Bonchev–Trinajstić information content (AvgIpc) is 2.51. The molecule has 1 fully saturated rings. The lowest BCUT2D eigenvalue weighted by Crippen LogP contribution is -2.49. The lowest BCUT2D eigenvalue weighted by Gasteiger charge is -2.26. The molecule has 6 nitrogen and oxygen atoms in total. The molecular formula is C12H22N2O4. The summed E-state index contributed by atoms with van der Waals surface area (Å²) in [6.07, 6.45) is 1.07. The van der Waals surface area contributed by atoms with Crippen LogP contribution in [0.2, 0.25) is 0 Å². The number of carbonyl (C=O) groups excluding carboxylic acids is 2. The molecule has 0 aromatic heterocycles. The van der Waals surface area contributed by atoms with Crippen molar-refractivity contribution in [2.24, 2.45) is 0 Å².